The zero-order valence-electron chi connectivity index (χ0n) is 12.9. The van der Waals surface area contributed by atoms with Gasteiger partial charge in [-0.3, -0.25) is 10.1 Å². The van der Waals surface area contributed by atoms with Gasteiger partial charge in [-0.05, 0) is 30.7 Å². The Morgan fingerprint density at radius 2 is 1.74 bits per heavy atom. The molecule has 1 saturated heterocycles. The lowest BCUT2D eigenvalue weighted by Crippen LogP contribution is -2.46. The van der Waals surface area contributed by atoms with Gasteiger partial charge < -0.3 is 9.80 Å². The third kappa shape index (κ3) is 3.26. The van der Waals surface area contributed by atoms with Crippen LogP contribution < -0.4 is 9.80 Å². The minimum Gasteiger partial charge on any atom is -0.368 e. The molecule has 6 heteroatoms. The molecule has 0 N–H and O–H groups in total. The highest BCUT2D eigenvalue weighted by molar-refractivity contribution is 5.64. The standard InChI is InChI=1S/C17H18FN3O2/c1-13-3-2-4-15(11-13)19-7-9-20(10-8-19)17-12-14(18)5-6-16(17)21(22)23/h2-6,11-12H,7-10H2,1H3. The molecule has 0 unspecified atom stereocenters. The average molecular weight is 315 g/mol. The molecule has 5 nitrogen and oxygen atoms in total. The van der Waals surface area contributed by atoms with Crippen LogP contribution in [0.2, 0.25) is 0 Å². The van der Waals surface area contributed by atoms with E-state index in [1.807, 2.05) is 11.0 Å². The molecule has 0 spiro atoms. The molecule has 23 heavy (non-hydrogen) atoms. The maximum absolute atomic E-state index is 13.5. The van der Waals surface area contributed by atoms with Crippen LogP contribution in [0.15, 0.2) is 42.5 Å². The fourth-order valence-electron chi connectivity index (χ4n) is 2.93. The van der Waals surface area contributed by atoms with Gasteiger partial charge in [-0.15, -0.1) is 0 Å². The summed E-state index contributed by atoms with van der Waals surface area (Å²) in [5.74, 6) is -0.452. The molecule has 0 aromatic heterocycles. The number of nitro benzene ring substituents is 1. The number of aryl methyl sites for hydroxylation is 1. The molecule has 1 aliphatic rings. The highest BCUT2D eigenvalue weighted by Crippen LogP contribution is 2.30. The summed E-state index contributed by atoms with van der Waals surface area (Å²) in [6.07, 6.45) is 0. The van der Waals surface area contributed by atoms with E-state index in [0.717, 1.165) is 24.8 Å². The normalized spacial score (nSPS) is 14.9. The number of anilines is 2. The Kier molecular flexibility index (Phi) is 4.14. The van der Waals surface area contributed by atoms with Crippen LogP contribution in [-0.4, -0.2) is 31.1 Å². The Morgan fingerprint density at radius 1 is 1.04 bits per heavy atom. The van der Waals surface area contributed by atoms with Crippen molar-refractivity contribution in [3.05, 3.63) is 64.0 Å². The lowest BCUT2D eigenvalue weighted by atomic mass is 10.1. The minimum atomic E-state index is -0.457. The first kappa shape index (κ1) is 15.3. The van der Waals surface area contributed by atoms with Gasteiger partial charge in [-0.25, -0.2) is 4.39 Å². The number of benzene rings is 2. The Hall–Kier alpha value is -2.63. The second kappa shape index (κ2) is 6.24. The largest absolute Gasteiger partial charge is 0.368 e. The van der Waals surface area contributed by atoms with E-state index in [2.05, 4.69) is 30.0 Å². The number of hydrogen-bond donors (Lipinski definition) is 0. The van der Waals surface area contributed by atoms with Crippen LogP contribution in [0.5, 0.6) is 0 Å². The van der Waals surface area contributed by atoms with Crippen LogP contribution >= 0.6 is 0 Å². The van der Waals surface area contributed by atoms with E-state index in [1.165, 1.54) is 17.7 Å². The lowest BCUT2D eigenvalue weighted by Gasteiger charge is -2.37. The lowest BCUT2D eigenvalue weighted by molar-refractivity contribution is -0.384. The van der Waals surface area contributed by atoms with Gasteiger partial charge in [0.2, 0.25) is 0 Å². The summed E-state index contributed by atoms with van der Waals surface area (Å²) in [7, 11) is 0. The molecule has 0 saturated carbocycles. The molecule has 0 bridgehead atoms. The summed E-state index contributed by atoms with van der Waals surface area (Å²) in [5.41, 5.74) is 2.67. The van der Waals surface area contributed by atoms with Crippen molar-refractivity contribution in [1.29, 1.82) is 0 Å². The molecular formula is C17H18FN3O2. The Balaban J connectivity index is 1.77. The molecule has 2 aromatic carbocycles. The van der Waals surface area contributed by atoms with E-state index in [-0.39, 0.29) is 5.69 Å². The van der Waals surface area contributed by atoms with Crippen molar-refractivity contribution in [1.82, 2.24) is 0 Å². The van der Waals surface area contributed by atoms with Crippen molar-refractivity contribution in [2.75, 3.05) is 36.0 Å². The zero-order chi connectivity index (χ0) is 16.4. The van der Waals surface area contributed by atoms with Crippen LogP contribution in [-0.2, 0) is 0 Å². The summed E-state index contributed by atoms with van der Waals surface area (Å²) in [5, 5.41) is 11.1. The monoisotopic (exact) mass is 315 g/mol. The van der Waals surface area contributed by atoms with Gasteiger partial charge in [-0.1, -0.05) is 12.1 Å². The fraction of sp³-hybridized carbons (Fsp3) is 0.294. The molecular weight excluding hydrogens is 297 g/mol. The highest BCUT2D eigenvalue weighted by atomic mass is 19.1. The van der Waals surface area contributed by atoms with Crippen molar-refractivity contribution >= 4 is 17.1 Å². The van der Waals surface area contributed by atoms with Crippen LogP contribution in [0.3, 0.4) is 0 Å². The predicted molar refractivity (Wildman–Crippen MR) is 88.7 cm³/mol. The maximum atomic E-state index is 13.5. The summed E-state index contributed by atoms with van der Waals surface area (Å²) in [4.78, 5) is 14.8. The molecule has 0 radical (unpaired) electrons. The number of halogens is 1. The van der Waals surface area contributed by atoms with Gasteiger partial charge in [0, 0.05) is 44.0 Å². The quantitative estimate of drug-likeness (QED) is 0.643. The Morgan fingerprint density at radius 3 is 2.39 bits per heavy atom. The molecule has 2 aromatic rings. The second-order valence-corrected chi connectivity index (χ2v) is 5.70. The maximum Gasteiger partial charge on any atom is 0.292 e. The van der Waals surface area contributed by atoms with Gasteiger partial charge in [-0.2, -0.15) is 0 Å². The van der Waals surface area contributed by atoms with E-state index in [0.29, 0.717) is 18.8 Å². The third-order valence-corrected chi connectivity index (χ3v) is 4.12. The average Bonchev–Trinajstić information content (AvgIpc) is 2.54. The van der Waals surface area contributed by atoms with Crippen molar-refractivity contribution in [3.8, 4) is 0 Å². The van der Waals surface area contributed by atoms with Crippen LogP contribution in [0.1, 0.15) is 5.56 Å². The first-order valence-electron chi connectivity index (χ1n) is 7.55. The van der Waals surface area contributed by atoms with Crippen molar-refractivity contribution in [2.24, 2.45) is 0 Å². The summed E-state index contributed by atoms with van der Waals surface area (Å²) < 4.78 is 13.5. The molecule has 0 amide bonds. The van der Waals surface area contributed by atoms with Crippen LogP contribution in [0, 0.1) is 22.9 Å². The van der Waals surface area contributed by atoms with E-state index in [1.54, 1.807) is 0 Å². The smallest absolute Gasteiger partial charge is 0.292 e. The number of rotatable bonds is 3. The van der Waals surface area contributed by atoms with Gasteiger partial charge in [0.15, 0.2) is 0 Å². The van der Waals surface area contributed by atoms with E-state index in [4.69, 9.17) is 0 Å². The first-order chi connectivity index (χ1) is 11.0. The molecule has 1 fully saturated rings. The fourth-order valence-corrected chi connectivity index (χ4v) is 2.93. The van der Waals surface area contributed by atoms with Gasteiger partial charge in [0.25, 0.3) is 5.69 Å². The summed E-state index contributed by atoms with van der Waals surface area (Å²) in [6.45, 7) is 4.79. The summed E-state index contributed by atoms with van der Waals surface area (Å²) >= 11 is 0. The number of nitrogens with zero attached hydrogens (tertiary/aromatic N) is 3. The summed E-state index contributed by atoms with van der Waals surface area (Å²) in [6, 6.07) is 11.9. The van der Waals surface area contributed by atoms with Crippen molar-refractivity contribution < 1.29 is 9.31 Å². The van der Waals surface area contributed by atoms with Crippen LogP contribution in [0.25, 0.3) is 0 Å². The van der Waals surface area contributed by atoms with E-state index < -0.39 is 10.7 Å². The van der Waals surface area contributed by atoms with Gasteiger partial charge in [0.1, 0.15) is 11.5 Å². The zero-order valence-corrected chi connectivity index (χ0v) is 12.9. The molecule has 0 aliphatic carbocycles. The highest BCUT2D eigenvalue weighted by Gasteiger charge is 2.24. The topological polar surface area (TPSA) is 49.6 Å². The Labute approximate surface area is 134 Å². The predicted octanol–water partition coefficient (Wildman–Crippen LogP) is 3.37. The minimum absolute atomic E-state index is 0.0459. The second-order valence-electron chi connectivity index (χ2n) is 5.70. The van der Waals surface area contributed by atoms with Crippen LogP contribution in [0.4, 0.5) is 21.5 Å². The molecule has 1 heterocycles. The number of hydrogen-bond acceptors (Lipinski definition) is 4. The molecule has 3 rings (SSSR count). The molecule has 120 valence electrons. The molecule has 1 aliphatic heterocycles. The number of piperazine rings is 1. The van der Waals surface area contributed by atoms with E-state index >= 15 is 0 Å². The third-order valence-electron chi connectivity index (χ3n) is 4.12. The molecule has 0 atom stereocenters. The SMILES string of the molecule is Cc1cccc(N2CCN(c3cc(F)ccc3[N+](=O)[O-])CC2)c1. The van der Waals surface area contributed by atoms with Gasteiger partial charge in [0.05, 0.1) is 4.92 Å². The van der Waals surface area contributed by atoms with Gasteiger partial charge >= 0.3 is 0 Å². The van der Waals surface area contributed by atoms with E-state index in [9.17, 15) is 14.5 Å². The Bertz CT molecular complexity index is 728. The first-order valence-corrected chi connectivity index (χ1v) is 7.55. The van der Waals surface area contributed by atoms with Crippen molar-refractivity contribution in [3.63, 3.8) is 0 Å². The van der Waals surface area contributed by atoms with Crippen molar-refractivity contribution in [2.45, 2.75) is 6.92 Å². The number of nitro groups is 1.